The van der Waals surface area contributed by atoms with Gasteiger partial charge in [0.15, 0.2) is 11.4 Å². The molecule has 0 radical (unpaired) electrons. The SMILES string of the molecule is O=C(CNc1c(-c2ccc(F)cc2)nc2cnccn12)N1CCN(C(=O)c2ccco2)CC1. The van der Waals surface area contributed by atoms with Gasteiger partial charge in [-0.2, -0.15) is 0 Å². The number of imidazole rings is 1. The van der Waals surface area contributed by atoms with Gasteiger partial charge in [0.1, 0.15) is 17.3 Å². The molecule has 1 aromatic carbocycles. The third-order valence-electron chi connectivity index (χ3n) is 5.61. The molecule has 0 atom stereocenters. The number of carbonyl (C=O) groups is 2. The number of carbonyl (C=O) groups excluding carboxylic acids is 2. The van der Waals surface area contributed by atoms with Crippen LogP contribution in [0.15, 0.2) is 65.7 Å². The topological polar surface area (TPSA) is 96.0 Å². The molecule has 4 heterocycles. The Morgan fingerprint density at radius 1 is 1.06 bits per heavy atom. The fourth-order valence-corrected chi connectivity index (χ4v) is 3.87. The van der Waals surface area contributed by atoms with Crippen LogP contribution in [-0.2, 0) is 4.79 Å². The van der Waals surface area contributed by atoms with Gasteiger partial charge < -0.3 is 19.5 Å². The summed E-state index contributed by atoms with van der Waals surface area (Å²) in [6.45, 7) is 1.81. The first-order valence-electron chi connectivity index (χ1n) is 10.5. The van der Waals surface area contributed by atoms with Gasteiger partial charge in [-0.15, -0.1) is 0 Å². The Balaban J connectivity index is 1.27. The van der Waals surface area contributed by atoms with Crippen LogP contribution in [0.1, 0.15) is 10.6 Å². The molecule has 0 saturated carbocycles. The Bertz CT molecular complexity index is 1280. The molecule has 0 spiro atoms. The lowest BCUT2D eigenvalue weighted by atomic mass is 10.1. The average Bonchev–Trinajstić information content (AvgIpc) is 3.51. The van der Waals surface area contributed by atoms with E-state index in [9.17, 15) is 14.0 Å². The minimum atomic E-state index is -0.335. The Morgan fingerprint density at radius 3 is 2.55 bits per heavy atom. The summed E-state index contributed by atoms with van der Waals surface area (Å²) in [5.74, 6) is 0.326. The maximum atomic E-state index is 13.4. The minimum absolute atomic E-state index is 0.0520. The molecular formula is C23H21FN6O3. The van der Waals surface area contributed by atoms with Crippen molar-refractivity contribution in [3.8, 4) is 11.3 Å². The van der Waals surface area contributed by atoms with Gasteiger partial charge in [0.25, 0.3) is 5.91 Å². The van der Waals surface area contributed by atoms with Crippen molar-refractivity contribution >= 4 is 23.3 Å². The molecule has 4 aromatic rings. The third-order valence-corrected chi connectivity index (χ3v) is 5.61. The average molecular weight is 448 g/mol. The molecule has 0 bridgehead atoms. The first kappa shape index (κ1) is 20.7. The summed E-state index contributed by atoms with van der Waals surface area (Å²) in [4.78, 5) is 37.4. The van der Waals surface area contributed by atoms with Gasteiger partial charge in [-0.05, 0) is 36.4 Å². The van der Waals surface area contributed by atoms with Crippen LogP contribution in [0.25, 0.3) is 16.9 Å². The lowest BCUT2D eigenvalue weighted by Crippen LogP contribution is -2.51. The molecule has 9 nitrogen and oxygen atoms in total. The highest BCUT2D eigenvalue weighted by atomic mass is 19.1. The van der Waals surface area contributed by atoms with E-state index in [2.05, 4.69) is 15.3 Å². The number of nitrogens with one attached hydrogen (secondary N) is 1. The van der Waals surface area contributed by atoms with E-state index < -0.39 is 0 Å². The molecule has 3 aromatic heterocycles. The van der Waals surface area contributed by atoms with E-state index in [0.717, 1.165) is 5.56 Å². The van der Waals surface area contributed by atoms with Crippen LogP contribution >= 0.6 is 0 Å². The summed E-state index contributed by atoms with van der Waals surface area (Å²) >= 11 is 0. The van der Waals surface area contributed by atoms with E-state index in [0.29, 0.717) is 49.1 Å². The summed E-state index contributed by atoms with van der Waals surface area (Å²) in [5, 5.41) is 3.19. The molecule has 5 rings (SSSR count). The lowest BCUT2D eigenvalue weighted by molar-refractivity contribution is -0.130. The lowest BCUT2D eigenvalue weighted by Gasteiger charge is -2.34. The van der Waals surface area contributed by atoms with E-state index in [1.165, 1.54) is 18.4 Å². The number of amides is 2. The van der Waals surface area contributed by atoms with Gasteiger partial charge >= 0.3 is 0 Å². The first-order chi connectivity index (χ1) is 16.1. The van der Waals surface area contributed by atoms with Gasteiger partial charge in [0, 0.05) is 44.1 Å². The van der Waals surface area contributed by atoms with E-state index in [4.69, 9.17) is 4.42 Å². The van der Waals surface area contributed by atoms with Crippen LogP contribution < -0.4 is 5.32 Å². The molecule has 1 saturated heterocycles. The summed E-state index contributed by atoms with van der Waals surface area (Å²) < 4.78 is 20.4. The molecular weight excluding hydrogens is 427 g/mol. The highest BCUT2D eigenvalue weighted by molar-refractivity contribution is 5.91. The second-order valence-corrected chi connectivity index (χ2v) is 7.62. The third kappa shape index (κ3) is 4.14. The quantitative estimate of drug-likeness (QED) is 0.504. The van der Waals surface area contributed by atoms with E-state index in [-0.39, 0.29) is 24.2 Å². The van der Waals surface area contributed by atoms with E-state index in [1.807, 2.05) is 0 Å². The monoisotopic (exact) mass is 448 g/mol. The number of benzene rings is 1. The standard InChI is InChI=1S/C23H21FN6O3/c24-17-5-3-16(4-6-17)21-22(30-8-7-25-14-19(30)27-21)26-15-20(31)28-9-11-29(12-10-28)23(32)18-2-1-13-33-18/h1-8,13-14,26H,9-12,15H2. The summed E-state index contributed by atoms with van der Waals surface area (Å²) in [6, 6.07) is 9.34. The van der Waals surface area contributed by atoms with Crippen LogP contribution in [-0.4, -0.2) is 68.7 Å². The summed E-state index contributed by atoms with van der Waals surface area (Å²) in [5.41, 5.74) is 1.93. The zero-order chi connectivity index (χ0) is 22.8. The summed E-state index contributed by atoms with van der Waals surface area (Å²) in [7, 11) is 0. The zero-order valence-electron chi connectivity index (χ0n) is 17.6. The van der Waals surface area contributed by atoms with Gasteiger partial charge in [-0.25, -0.2) is 9.37 Å². The largest absolute Gasteiger partial charge is 0.459 e. The van der Waals surface area contributed by atoms with E-state index in [1.54, 1.807) is 57.1 Å². The minimum Gasteiger partial charge on any atom is -0.459 e. The fourth-order valence-electron chi connectivity index (χ4n) is 3.87. The highest BCUT2D eigenvalue weighted by Crippen LogP contribution is 2.28. The molecule has 1 fully saturated rings. The molecule has 0 unspecified atom stereocenters. The maximum Gasteiger partial charge on any atom is 0.289 e. The predicted octanol–water partition coefficient (Wildman–Crippen LogP) is 2.52. The number of nitrogens with zero attached hydrogens (tertiary/aromatic N) is 5. The molecule has 1 aliphatic rings. The molecule has 0 aliphatic carbocycles. The molecule has 2 amide bonds. The van der Waals surface area contributed by atoms with Crippen molar-refractivity contribution in [1.29, 1.82) is 0 Å². The van der Waals surface area contributed by atoms with Crippen molar-refractivity contribution in [2.45, 2.75) is 0 Å². The van der Waals surface area contributed by atoms with Crippen molar-refractivity contribution in [1.82, 2.24) is 24.2 Å². The van der Waals surface area contributed by atoms with Crippen molar-refractivity contribution in [2.75, 3.05) is 38.0 Å². The number of piperazine rings is 1. The number of anilines is 1. The van der Waals surface area contributed by atoms with Crippen LogP contribution in [0.4, 0.5) is 10.2 Å². The van der Waals surface area contributed by atoms with Crippen LogP contribution in [0.3, 0.4) is 0 Å². The number of hydrogen-bond acceptors (Lipinski definition) is 6. The second kappa shape index (κ2) is 8.73. The van der Waals surface area contributed by atoms with Gasteiger partial charge in [-0.3, -0.25) is 19.0 Å². The Kier molecular flexibility index (Phi) is 5.47. The molecule has 168 valence electrons. The Labute approximate surface area is 188 Å². The number of rotatable bonds is 5. The maximum absolute atomic E-state index is 13.4. The van der Waals surface area contributed by atoms with E-state index >= 15 is 0 Å². The number of fused-ring (bicyclic) bond motifs is 1. The van der Waals surface area contributed by atoms with Crippen molar-refractivity contribution in [3.05, 3.63) is 72.8 Å². The molecule has 1 aliphatic heterocycles. The van der Waals surface area contributed by atoms with Crippen LogP contribution in [0, 0.1) is 5.82 Å². The number of aromatic nitrogens is 3. The molecule has 1 N–H and O–H groups in total. The van der Waals surface area contributed by atoms with Gasteiger partial charge in [0.05, 0.1) is 19.0 Å². The van der Waals surface area contributed by atoms with Crippen LogP contribution in [0.2, 0.25) is 0 Å². The Morgan fingerprint density at radius 2 is 1.82 bits per heavy atom. The summed E-state index contributed by atoms with van der Waals surface area (Å²) in [6.07, 6.45) is 6.47. The molecule has 10 heteroatoms. The van der Waals surface area contributed by atoms with Crippen molar-refractivity contribution < 1.29 is 18.4 Å². The molecule has 33 heavy (non-hydrogen) atoms. The zero-order valence-corrected chi connectivity index (χ0v) is 17.6. The number of halogens is 1. The van der Waals surface area contributed by atoms with Crippen molar-refractivity contribution in [3.63, 3.8) is 0 Å². The number of furan rings is 1. The highest BCUT2D eigenvalue weighted by Gasteiger charge is 2.26. The smallest absolute Gasteiger partial charge is 0.289 e. The fraction of sp³-hybridized carbons (Fsp3) is 0.217. The van der Waals surface area contributed by atoms with Gasteiger partial charge in [-0.1, -0.05) is 0 Å². The normalized spacial score (nSPS) is 14.0. The number of hydrogen-bond donors (Lipinski definition) is 1. The first-order valence-corrected chi connectivity index (χ1v) is 10.5. The van der Waals surface area contributed by atoms with Crippen molar-refractivity contribution in [2.24, 2.45) is 0 Å². The van der Waals surface area contributed by atoms with Gasteiger partial charge in [0.2, 0.25) is 5.91 Å². The predicted molar refractivity (Wildman–Crippen MR) is 118 cm³/mol. The Hall–Kier alpha value is -4.21. The van der Waals surface area contributed by atoms with Crippen LogP contribution in [0.5, 0.6) is 0 Å². The second-order valence-electron chi connectivity index (χ2n) is 7.62.